The Hall–Kier alpha value is -1.69. The van der Waals surface area contributed by atoms with Crippen molar-refractivity contribution >= 4 is 29.3 Å². The van der Waals surface area contributed by atoms with Crippen LogP contribution in [0.1, 0.15) is 32.8 Å². The van der Waals surface area contributed by atoms with Crippen molar-refractivity contribution in [2.75, 3.05) is 16.9 Å². The Bertz CT molecular complexity index is 589. The molecule has 0 spiro atoms. The van der Waals surface area contributed by atoms with Crippen molar-refractivity contribution in [1.29, 1.82) is 0 Å². The van der Waals surface area contributed by atoms with Crippen LogP contribution in [-0.2, 0) is 9.59 Å². The lowest BCUT2D eigenvalue weighted by molar-refractivity contribution is -0.135. The smallest absolute Gasteiger partial charge is 0.248 e. The van der Waals surface area contributed by atoms with Gasteiger partial charge in [-0.2, -0.15) is 0 Å². The minimum atomic E-state index is -0.390. The van der Waals surface area contributed by atoms with Crippen molar-refractivity contribution in [2.24, 2.45) is 0 Å². The van der Waals surface area contributed by atoms with Crippen molar-refractivity contribution in [2.45, 2.75) is 46.3 Å². The number of carbonyl (C=O) groups excluding carboxylic acids is 2. The predicted octanol–water partition coefficient (Wildman–Crippen LogP) is 3.03. The number of nitrogens with one attached hydrogen (secondary N) is 1. The summed E-state index contributed by atoms with van der Waals surface area (Å²) in [4.78, 5) is 26.1. The fraction of sp³-hybridized carbons (Fsp3) is 0.529. The molecule has 1 aromatic rings. The average molecular weight is 336 g/mol. The van der Waals surface area contributed by atoms with Crippen LogP contribution in [0.25, 0.3) is 0 Å². The van der Waals surface area contributed by atoms with Crippen LogP contribution < -0.4 is 10.1 Å². The number of rotatable bonds is 5. The van der Waals surface area contributed by atoms with Gasteiger partial charge in [-0.3, -0.25) is 9.59 Å². The monoisotopic (exact) mass is 336 g/mol. The van der Waals surface area contributed by atoms with Crippen LogP contribution in [0.5, 0.6) is 5.75 Å². The molecule has 1 atom stereocenters. The summed E-state index contributed by atoms with van der Waals surface area (Å²) in [6.45, 7) is 7.70. The second-order valence-electron chi connectivity index (χ2n) is 5.87. The van der Waals surface area contributed by atoms with Crippen LogP contribution >= 0.6 is 11.8 Å². The van der Waals surface area contributed by atoms with Crippen molar-refractivity contribution in [3.05, 3.63) is 23.8 Å². The molecular weight excluding hydrogens is 312 g/mol. The third-order valence-corrected chi connectivity index (χ3v) is 4.65. The predicted molar refractivity (Wildman–Crippen MR) is 93.8 cm³/mol. The van der Waals surface area contributed by atoms with Crippen LogP contribution in [0.4, 0.5) is 5.69 Å². The summed E-state index contributed by atoms with van der Waals surface area (Å²) >= 11 is 1.61. The molecule has 126 valence electrons. The minimum Gasteiger partial charge on any atom is -0.491 e. The van der Waals surface area contributed by atoms with Crippen LogP contribution in [-0.4, -0.2) is 40.5 Å². The minimum absolute atomic E-state index is 0.0209. The van der Waals surface area contributed by atoms with E-state index in [0.29, 0.717) is 18.1 Å². The summed E-state index contributed by atoms with van der Waals surface area (Å²) in [6.07, 6.45) is 0.531. The van der Waals surface area contributed by atoms with E-state index in [0.717, 1.165) is 17.0 Å². The highest BCUT2D eigenvalue weighted by Gasteiger charge is 2.33. The third kappa shape index (κ3) is 4.41. The number of amides is 2. The number of hydrogen-bond acceptors (Lipinski definition) is 4. The molecule has 0 aliphatic carbocycles. The maximum absolute atomic E-state index is 12.5. The van der Waals surface area contributed by atoms with Gasteiger partial charge in [-0.1, -0.05) is 6.92 Å². The van der Waals surface area contributed by atoms with Crippen LogP contribution in [0.3, 0.4) is 0 Å². The van der Waals surface area contributed by atoms with Crippen LogP contribution in [0.15, 0.2) is 18.2 Å². The van der Waals surface area contributed by atoms with Crippen LogP contribution in [0, 0.1) is 6.92 Å². The highest BCUT2D eigenvalue weighted by atomic mass is 32.2. The van der Waals surface area contributed by atoms with Gasteiger partial charge in [-0.15, -0.1) is 11.8 Å². The molecule has 5 nitrogen and oxygen atoms in total. The van der Waals surface area contributed by atoms with E-state index in [-0.39, 0.29) is 17.9 Å². The molecule has 1 saturated heterocycles. The molecule has 0 aromatic heterocycles. The van der Waals surface area contributed by atoms with Crippen molar-refractivity contribution in [3.8, 4) is 5.75 Å². The zero-order valence-electron chi connectivity index (χ0n) is 14.1. The van der Waals surface area contributed by atoms with E-state index >= 15 is 0 Å². The number of thioether (sulfide) groups is 1. The van der Waals surface area contributed by atoms with Gasteiger partial charge < -0.3 is 15.0 Å². The van der Waals surface area contributed by atoms with Crippen molar-refractivity contribution < 1.29 is 14.3 Å². The molecule has 1 N–H and O–H groups in total. The molecule has 0 unspecified atom stereocenters. The lowest BCUT2D eigenvalue weighted by atomic mass is 10.1. The summed E-state index contributed by atoms with van der Waals surface area (Å²) in [5.74, 6) is 1.91. The molecule has 1 aliphatic rings. The normalized spacial score (nSPS) is 17.4. The van der Waals surface area contributed by atoms with Gasteiger partial charge in [0.1, 0.15) is 11.8 Å². The molecule has 2 amide bonds. The van der Waals surface area contributed by atoms with Crippen molar-refractivity contribution in [1.82, 2.24) is 4.90 Å². The fourth-order valence-electron chi connectivity index (χ4n) is 2.45. The van der Waals surface area contributed by atoms with E-state index in [9.17, 15) is 9.59 Å². The van der Waals surface area contributed by atoms with Gasteiger partial charge in [-0.25, -0.2) is 0 Å². The maximum Gasteiger partial charge on any atom is 0.248 e. The van der Waals surface area contributed by atoms with E-state index in [2.05, 4.69) is 5.32 Å². The van der Waals surface area contributed by atoms with Gasteiger partial charge in [0.05, 0.1) is 12.0 Å². The van der Waals surface area contributed by atoms with Gasteiger partial charge in [0.2, 0.25) is 11.8 Å². The third-order valence-electron chi connectivity index (χ3n) is 3.64. The Kier molecular flexibility index (Phi) is 5.93. The first-order valence-electron chi connectivity index (χ1n) is 7.87. The Morgan fingerprint density at radius 1 is 1.43 bits per heavy atom. The zero-order chi connectivity index (χ0) is 17.0. The number of anilines is 1. The zero-order valence-corrected chi connectivity index (χ0v) is 14.9. The van der Waals surface area contributed by atoms with E-state index in [1.807, 2.05) is 45.9 Å². The van der Waals surface area contributed by atoms with E-state index in [1.54, 1.807) is 16.7 Å². The standard InChI is InChI=1S/C17H24N2O3S/c1-5-16(20)19-10-23-9-15(19)17(21)18-14-7-6-13(8-12(14)4)22-11(2)3/h6-8,11,15H,5,9-10H2,1-4H3,(H,18,21)/t15-/m0/s1. The number of aryl methyl sites for hydroxylation is 1. The second-order valence-corrected chi connectivity index (χ2v) is 6.87. The topological polar surface area (TPSA) is 58.6 Å². The summed E-state index contributed by atoms with van der Waals surface area (Å²) < 4.78 is 5.65. The molecule has 0 bridgehead atoms. The molecule has 2 rings (SSSR count). The first-order chi connectivity index (χ1) is 10.9. The van der Waals surface area contributed by atoms with Gasteiger partial charge >= 0.3 is 0 Å². The number of carbonyl (C=O) groups is 2. The number of nitrogens with zero attached hydrogens (tertiary/aromatic N) is 1. The molecule has 1 aliphatic heterocycles. The molecule has 0 radical (unpaired) electrons. The Morgan fingerprint density at radius 2 is 2.17 bits per heavy atom. The summed E-state index contributed by atoms with van der Waals surface area (Å²) in [5, 5.41) is 2.94. The largest absolute Gasteiger partial charge is 0.491 e. The number of benzene rings is 1. The van der Waals surface area contributed by atoms with Gasteiger partial charge in [0.15, 0.2) is 0 Å². The first kappa shape index (κ1) is 17.7. The molecular formula is C17H24N2O3S. The number of hydrogen-bond donors (Lipinski definition) is 1. The van der Waals surface area contributed by atoms with Gasteiger partial charge in [-0.05, 0) is 44.5 Å². The number of ether oxygens (including phenoxy) is 1. The van der Waals surface area contributed by atoms with Crippen molar-refractivity contribution in [3.63, 3.8) is 0 Å². The second kappa shape index (κ2) is 7.73. The Morgan fingerprint density at radius 3 is 2.78 bits per heavy atom. The average Bonchev–Trinajstić information content (AvgIpc) is 2.98. The quantitative estimate of drug-likeness (QED) is 0.898. The fourth-order valence-corrected chi connectivity index (χ4v) is 3.63. The van der Waals surface area contributed by atoms with E-state index in [4.69, 9.17) is 4.74 Å². The maximum atomic E-state index is 12.5. The van der Waals surface area contributed by atoms with E-state index in [1.165, 1.54) is 0 Å². The van der Waals surface area contributed by atoms with E-state index < -0.39 is 6.04 Å². The Balaban J connectivity index is 2.06. The Labute approximate surface area is 141 Å². The highest BCUT2D eigenvalue weighted by Crippen LogP contribution is 2.25. The van der Waals surface area contributed by atoms with Crippen LogP contribution in [0.2, 0.25) is 0 Å². The molecule has 23 heavy (non-hydrogen) atoms. The van der Waals surface area contributed by atoms with Gasteiger partial charge in [0, 0.05) is 17.9 Å². The summed E-state index contributed by atoms with van der Waals surface area (Å²) in [7, 11) is 0. The first-order valence-corrected chi connectivity index (χ1v) is 9.03. The summed E-state index contributed by atoms with van der Waals surface area (Å²) in [5.41, 5.74) is 1.70. The lowest BCUT2D eigenvalue weighted by Gasteiger charge is -2.23. The molecule has 1 fully saturated rings. The highest BCUT2D eigenvalue weighted by molar-refractivity contribution is 7.99. The SMILES string of the molecule is CCC(=O)N1CSC[C@H]1C(=O)Nc1ccc(OC(C)C)cc1C. The lowest BCUT2D eigenvalue weighted by Crippen LogP contribution is -2.44. The summed E-state index contributed by atoms with van der Waals surface area (Å²) in [6, 6.07) is 5.21. The molecule has 6 heteroatoms. The molecule has 1 heterocycles. The van der Waals surface area contributed by atoms with Gasteiger partial charge in [0.25, 0.3) is 0 Å². The molecule has 0 saturated carbocycles. The molecule has 1 aromatic carbocycles.